The van der Waals surface area contributed by atoms with E-state index in [0.717, 1.165) is 167 Å². The summed E-state index contributed by atoms with van der Waals surface area (Å²) in [7, 11) is 0. The molecule has 26 aromatic rings. The number of fused-ring (bicyclic) bond motifs is 20. The second-order valence-corrected chi connectivity index (χ2v) is 35.4. The Kier molecular flexibility index (Phi) is 20.7. The van der Waals surface area contributed by atoms with E-state index in [1.54, 1.807) is 12.1 Å². The maximum absolute atomic E-state index is 13.4. The lowest BCUT2D eigenvalue weighted by atomic mass is 9.82. The fraction of sp³-hybridized carbons (Fsp3) is 0.0236. The Balaban J connectivity index is 0.000000101. The highest BCUT2D eigenvalue weighted by molar-refractivity contribution is 6.17. The molecule has 4 N–H and O–H groups in total. The predicted molar refractivity (Wildman–Crippen MR) is 569 cm³/mol. The molecule has 1 aliphatic carbocycles. The lowest BCUT2D eigenvalue weighted by Crippen LogP contribution is -2.15. The van der Waals surface area contributed by atoms with Crippen LogP contribution < -0.4 is 21.3 Å². The Morgan fingerprint density at radius 1 is 0.191 bits per heavy atom. The first kappa shape index (κ1) is 81.4. The average Bonchev–Trinajstić information content (AvgIpc) is 1.57. The number of furan rings is 4. The molecule has 4 aromatic heterocycles. The van der Waals surface area contributed by atoms with Crippen LogP contribution in [0.1, 0.15) is 25.0 Å². The van der Waals surface area contributed by atoms with Crippen molar-refractivity contribution in [2.24, 2.45) is 0 Å². The molecule has 136 heavy (non-hydrogen) atoms. The Labute approximate surface area is 784 Å². The van der Waals surface area contributed by atoms with E-state index < -0.39 is 0 Å². The normalized spacial score (nSPS) is 12.0. The molecule has 9 heteroatoms. The van der Waals surface area contributed by atoms with Crippen LogP contribution in [-0.4, -0.2) is 0 Å². The van der Waals surface area contributed by atoms with Gasteiger partial charge in [-0.25, -0.2) is 4.39 Å². The molecule has 0 bridgehead atoms. The van der Waals surface area contributed by atoms with Gasteiger partial charge in [0.2, 0.25) is 0 Å². The van der Waals surface area contributed by atoms with Gasteiger partial charge in [-0.05, 0) is 244 Å². The monoisotopic (exact) mass is 1750 g/mol. The molecule has 646 valence electrons. The van der Waals surface area contributed by atoms with E-state index in [0.29, 0.717) is 0 Å². The number of hydrogen-bond acceptors (Lipinski definition) is 8. The topological polar surface area (TPSA) is 101 Å². The smallest absolute Gasteiger partial charge is 0.143 e. The summed E-state index contributed by atoms with van der Waals surface area (Å²) in [5.74, 6) is -0.252. The number of hydrogen-bond donors (Lipinski definition) is 4. The number of rotatable bonds is 13. The minimum absolute atomic E-state index is 0.00202. The van der Waals surface area contributed by atoms with Crippen LogP contribution in [-0.2, 0) is 5.41 Å². The first-order valence-electron chi connectivity index (χ1n) is 46.1. The maximum Gasteiger partial charge on any atom is 0.143 e. The molecule has 0 spiro atoms. The fourth-order valence-electron chi connectivity index (χ4n) is 19.9. The Morgan fingerprint density at radius 2 is 0.581 bits per heavy atom. The van der Waals surface area contributed by atoms with E-state index in [2.05, 4.69) is 369 Å². The van der Waals surface area contributed by atoms with Gasteiger partial charge in [-0.15, -0.1) is 0 Å². The van der Waals surface area contributed by atoms with E-state index in [-0.39, 0.29) is 11.2 Å². The molecule has 0 radical (unpaired) electrons. The third-order valence-electron chi connectivity index (χ3n) is 26.6. The van der Waals surface area contributed by atoms with E-state index >= 15 is 0 Å². The van der Waals surface area contributed by atoms with Crippen LogP contribution in [0, 0.1) is 5.82 Å². The second-order valence-electron chi connectivity index (χ2n) is 35.4. The van der Waals surface area contributed by atoms with Crippen LogP contribution in [0.2, 0.25) is 0 Å². The highest BCUT2D eigenvalue weighted by Gasteiger charge is 2.35. The molecular formula is C127H87FN4O4. The zero-order chi connectivity index (χ0) is 90.7. The van der Waals surface area contributed by atoms with Crippen LogP contribution in [0.4, 0.5) is 49.9 Å². The standard InChI is InChI=1S/C42H27NO.C34H23NO.C27H21NO.C24H16FNO/c1-3-11-34-28(8-1)10-7-14-36(34)39-25-33(26-40-37-13-5-6-15-41(37)44-42(39)40)43-32-22-20-27(21-23-32)31-19-18-30-17-16-29-9-2-4-12-35(29)38(30)24-31;1-2-8-23(9-3-1)25-14-16-26(17-15-25)31-21-29(22-32-30-12-6-7-13-33(30)36-34(31)32)35-28-19-18-24-10-4-5-11-27(24)20-28;1-27(2)21-10-5-3-8-18(21)19-15-14-17(16-22(19)27)28-23-11-7-13-25-26(23)20-9-4-6-12-24(20)29-25;25-17-12-10-16(11-13-17)21-14-19(26-18-6-2-1-3-7-18)15-22-20-8-4-5-9-23(20)27-24(21)22/h1-26,43H;1-22,35H;3-16,28H,1-2H3;1-15,26H. The van der Waals surface area contributed by atoms with E-state index in [1.807, 2.05) is 109 Å². The second kappa shape index (κ2) is 34.5. The largest absolute Gasteiger partial charge is 0.456 e. The van der Waals surface area contributed by atoms with Crippen molar-refractivity contribution >= 4 is 176 Å². The number of anilines is 8. The number of benzene rings is 22. The Hall–Kier alpha value is -17.8. The lowest BCUT2D eigenvalue weighted by Gasteiger charge is -2.22. The van der Waals surface area contributed by atoms with E-state index in [1.165, 1.54) is 99.7 Å². The number of para-hydroxylation sites is 5. The van der Waals surface area contributed by atoms with Gasteiger partial charge in [0.25, 0.3) is 0 Å². The van der Waals surface area contributed by atoms with Gasteiger partial charge in [0, 0.05) is 99.6 Å². The van der Waals surface area contributed by atoms with Crippen molar-refractivity contribution in [3.05, 3.63) is 484 Å². The highest BCUT2D eigenvalue weighted by atomic mass is 19.1. The van der Waals surface area contributed by atoms with Crippen LogP contribution in [0.25, 0.3) is 198 Å². The summed E-state index contributed by atoms with van der Waals surface area (Å²) < 4.78 is 38.5. The molecule has 22 aromatic carbocycles. The van der Waals surface area contributed by atoms with Crippen molar-refractivity contribution in [1.82, 2.24) is 0 Å². The summed E-state index contributed by atoms with van der Waals surface area (Å²) in [6, 6.07) is 162. The van der Waals surface area contributed by atoms with Crippen molar-refractivity contribution in [2.45, 2.75) is 19.3 Å². The van der Waals surface area contributed by atoms with Crippen molar-refractivity contribution in [2.75, 3.05) is 21.3 Å². The lowest BCUT2D eigenvalue weighted by molar-refractivity contribution is 0.628. The Morgan fingerprint density at radius 3 is 1.22 bits per heavy atom. The van der Waals surface area contributed by atoms with Crippen LogP contribution in [0.5, 0.6) is 0 Å². The SMILES string of the molecule is CC1(C)c2ccccc2-c2ccc(Nc3cccc4oc5ccccc5c34)cc21.Fc1ccc(-c2cc(Nc3ccccc3)cc3c2oc2ccccc23)cc1.c1ccc(-c2ccc(-c3cc(Nc4ccc5ccccc5c4)cc4c3oc3ccccc34)cc2)cc1.c1ccc2c(-c3cc(Nc4ccc(-c5ccc6ccc7ccccc7c6c5)cc4)cc4c3oc3ccccc34)cccc2c1. The minimum atomic E-state index is -0.252. The van der Waals surface area contributed by atoms with Crippen molar-refractivity contribution in [3.8, 4) is 66.8 Å². The number of halogens is 1. The summed E-state index contributed by atoms with van der Waals surface area (Å²) in [5.41, 5.74) is 31.9. The molecule has 0 saturated heterocycles. The van der Waals surface area contributed by atoms with Crippen molar-refractivity contribution in [1.29, 1.82) is 0 Å². The molecule has 4 heterocycles. The first-order chi connectivity index (χ1) is 67.0. The van der Waals surface area contributed by atoms with Crippen LogP contribution in [0.15, 0.2) is 485 Å². The summed E-state index contributed by atoms with van der Waals surface area (Å²) in [6.45, 7) is 4.62. The van der Waals surface area contributed by atoms with Crippen molar-refractivity contribution < 1.29 is 22.1 Å². The first-order valence-corrected chi connectivity index (χ1v) is 46.1. The van der Waals surface area contributed by atoms with Gasteiger partial charge in [-0.3, -0.25) is 0 Å². The molecule has 0 saturated carbocycles. The molecule has 8 nitrogen and oxygen atoms in total. The summed E-state index contributed by atoms with van der Waals surface area (Å²) >= 11 is 0. The summed E-state index contributed by atoms with van der Waals surface area (Å²) in [4.78, 5) is 0. The van der Waals surface area contributed by atoms with E-state index in [4.69, 9.17) is 17.7 Å². The molecule has 1 aliphatic rings. The van der Waals surface area contributed by atoms with Gasteiger partial charge in [0.1, 0.15) is 50.5 Å². The van der Waals surface area contributed by atoms with Crippen LogP contribution in [0.3, 0.4) is 0 Å². The molecule has 0 fully saturated rings. The number of nitrogens with one attached hydrogen (secondary N) is 4. The molecule has 0 aliphatic heterocycles. The molecule has 0 atom stereocenters. The quantitative estimate of drug-likeness (QED) is 0.0848. The summed E-state index contributed by atoms with van der Waals surface area (Å²) in [5, 5.41) is 33.3. The van der Waals surface area contributed by atoms with Gasteiger partial charge in [-0.1, -0.05) is 341 Å². The molecule has 27 rings (SSSR count). The van der Waals surface area contributed by atoms with Gasteiger partial charge in [0.05, 0.1) is 11.1 Å². The molecule has 0 unspecified atom stereocenters. The van der Waals surface area contributed by atoms with Gasteiger partial charge < -0.3 is 38.9 Å². The predicted octanol–water partition coefficient (Wildman–Crippen LogP) is 36.7. The van der Waals surface area contributed by atoms with Gasteiger partial charge >= 0.3 is 0 Å². The van der Waals surface area contributed by atoms with Crippen LogP contribution >= 0.6 is 0 Å². The summed E-state index contributed by atoms with van der Waals surface area (Å²) in [6.07, 6.45) is 0. The third kappa shape index (κ3) is 15.4. The molecular weight excluding hydrogens is 1660 g/mol. The third-order valence-corrected chi connectivity index (χ3v) is 26.6. The fourth-order valence-corrected chi connectivity index (χ4v) is 19.9. The van der Waals surface area contributed by atoms with Gasteiger partial charge in [-0.2, -0.15) is 0 Å². The zero-order valence-corrected chi connectivity index (χ0v) is 74.5. The zero-order valence-electron chi connectivity index (χ0n) is 74.5. The van der Waals surface area contributed by atoms with E-state index in [9.17, 15) is 4.39 Å². The Bertz CT molecular complexity index is 9080. The van der Waals surface area contributed by atoms with Crippen molar-refractivity contribution in [3.63, 3.8) is 0 Å². The highest BCUT2D eigenvalue weighted by Crippen LogP contribution is 2.51. The average molecular weight is 1750 g/mol. The van der Waals surface area contributed by atoms with Gasteiger partial charge in [0.15, 0.2) is 0 Å². The maximum atomic E-state index is 13.4. The minimum Gasteiger partial charge on any atom is -0.456 e. The molecule has 0 amide bonds.